The Morgan fingerprint density at radius 1 is 0.941 bits per heavy atom. The zero-order valence-electron chi connectivity index (χ0n) is 21.4. The molecule has 194 valence electrons. The number of carbonyl (C=O) groups is 2. The molecule has 3 aliphatic carbocycles. The topological polar surface area (TPSA) is 90.3 Å². The molecule has 8 unspecified atom stereocenters. The molecular formula is C27H46N2O5. The molecule has 0 aromatic rings. The molecule has 2 N–H and O–H groups in total. The third-order valence-corrected chi connectivity index (χ3v) is 9.38. The molecule has 4 rings (SSSR count). The monoisotopic (exact) mass is 478 g/mol. The van der Waals surface area contributed by atoms with Crippen LogP contribution in [0.5, 0.6) is 0 Å². The summed E-state index contributed by atoms with van der Waals surface area (Å²) in [4.78, 5) is 30.0. The van der Waals surface area contributed by atoms with Crippen LogP contribution in [0.2, 0.25) is 0 Å². The lowest BCUT2D eigenvalue weighted by Crippen LogP contribution is -2.58. The molecule has 0 aromatic heterocycles. The van der Waals surface area contributed by atoms with Crippen molar-refractivity contribution < 1.29 is 24.5 Å². The van der Waals surface area contributed by atoms with E-state index in [2.05, 4.69) is 0 Å². The van der Waals surface area contributed by atoms with E-state index >= 15 is 0 Å². The van der Waals surface area contributed by atoms with Crippen molar-refractivity contribution in [2.24, 2.45) is 35.5 Å². The summed E-state index contributed by atoms with van der Waals surface area (Å²) in [5, 5.41) is 21.5. The number of aliphatic hydroxyl groups excluding tert-OH is 2. The van der Waals surface area contributed by atoms with Crippen molar-refractivity contribution in [1.29, 1.82) is 0 Å². The predicted octanol–water partition coefficient (Wildman–Crippen LogP) is 2.68. The average molecular weight is 479 g/mol. The number of nitrogens with zero attached hydrogens (tertiary/aromatic N) is 2. The predicted molar refractivity (Wildman–Crippen MR) is 130 cm³/mol. The van der Waals surface area contributed by atoms with Crippen molar-refractivity contribution in [3.63, 3.8) is 0 Å². The van der Waals surface area contributed by atoms with Crippen LogP contribution in [0.1, 0.15) is 71.1 Å². The maximum Gasteiger partial charge on any atom is 0.230 e. The molecule has 1 heterocycles. The van der Waals surface area contributed by atoms with E-state index in [1.54, 1.807) is 4.90 Å². The molecule has 34 heavy (non-hydrogen) atoms. The lowest BCUT2D eigenvalue weighted by molar-refractivity contribution is -0.172. The smallest absolute Gasteiger partial charge is 0.230 e. The number of ether oxygens (including phenoxy) is 1. The van der Waals surface area contributed by atoms with Crippen molar-refractivity contribution in [2.75, 3.05) is 33.8 Å². The van der Waals surface area contributed by atoms with Gasteiger partial charge in [0.15, 0.2) is 0 Å². The van der Waals surface area contributed by atoms with Gasteiger partial charge in [0.2, 0.25) is 11.8 Å². The van der Waals surface area contributed by atoms with Crippen molar-refractivity contribution >= 4 is 11.8 Å². The molecule has 1 saturated heterocycles. The highest BCUT2D eigenvalue weighted by molar-refractivity contribution is 5.81. The van der Waals surface area contributed by atoms with Crippen LogP contribution in [0.3, 0.4) is 0 Å². The molecule has 7 nitrogen and oxygen atoms in total. The Bertz CT molecular complexity index is 709. The Kier molecular flexibility index (Phi) is 8.57. The van der Waals surface area contributed by atoms with E-state index < -0.39 is 24.2 Å². The number of aliphatic hydroxyl groups is 2. The SMILES string of the molecule is CC1C(O)CC(O)C(C(=O)N2CCC3CCC(C(=O)N(C)C)CC3C2)C1OCC1CCCCC1. The first-order valence-corrected chi connectivity index (χ1v) is 13.7. The van der Waals surface area contributed by atoms with E-state index in [1.807, 2.05) is 25.9 Å². The zero-order valence-corrected chi connectivity index (χ0v) is 21.4. The molecule has 8 atom stereocenters. The molecule has 0 spiro atoms. The van der Waals surface area contributed by atoms with Gasteiger partial charge in [0, 0.05) is 52.0 Å². The third kappa shape index (κ3) is 5.62. The van der Waals surface area contributed by atoms with Gasteiger partial charge in [-0.15, -0.1) is 0 Å². The minimum Gasteiger partial charge on any atom is -0.393 e. The van der Waals surface area contributed by atoms with Gasteiger partial charge < -0.3 is 24.7 Å². The lowest BCUT2D eigenvalue weighted by Gasteiger charge is -2.47. The second kappa shape index (κ2) is 11.3. The Morgan fingerprint density at radius 3 is 2.38 bits per heavy atom. The van der Waals surface area contributed by atoms with Crippen LogP contribution in [-0.4, -0.2) is 83.9 Å². The number of fused-ring (bicyclic) bond motifs is 1. The van der Waals surface area contributed by atoms with E-state index in [1.165, 1.54) is 19.3 Å². The summed E-state index contributed by atoms with van der Waals surface area (Å²) in [6.45, 7) is 3.93. The fourth-order valence-corrected chi connectivity index (χ4v) is 7.16. The van der Waals surface area contributed by atoms with Gasteiger partial charge in [-0.25, -0.2) is 0 Å². The number of likely N-dealkylation sites (tertiary alicyclic amines) is 1. The van der Waals surface area contributed by atoms with Crippen LogP contribution in [-0.2, 0) is 14.3 Å². The van der Waals surface area contributed by atoms with Crippen molar-refractivity contribution in [3.05, 3.63) is 0 Å². The summed E-state index contributed by atoms with van der Waals surface area (Å²) in [5.41, 5.74) is 0. The number of amides is 2. The summed E-state index contributed by atoms with van der Waals surface area (Å²) < 4.78 is 6.36. The van der Waals surface area contributed by atoms with Crippen LogP contribution in [0.25, 0.3) is 0 Å². The summed E-state index contributed by atoms with van der Waals surface area (Å²) in [7, 11) is 3.64. The fraction of sp³-hybridized carbons (Fsp3) is 0.926. The summed E-state index contributed by atoms with van der Waals surface area (Å²) >= 11 is 0. The molecule has 0 radical (unpaired) electrons. The van der Waals surface area contributed by atoms with Gasteiger partial charge in [-0.2, -0.15) is 0 Å². The van der Waals surface area contributed by atoms with Crippen LogP contribution >= 0.6 is 0 Å². The van der Waals surface area contributed by atoms with Crippen molar-refractivity contribution in [1.82, 2.24) is 9.80 Å². The van der Waals surface area contributed by atoms with E-state index in [9.17, 15) is 19.8 Å². The van der Waals surface area contributed by atoms with Crippen LogP contribution in [0, 0.1) is 35.5 Å². The molecule has 0 bridgehead atoms. The highest BCUT2D eigenvalue weighted by Gasteiger charge is 2.49. The quantitative estimate of drug-likeness (QED) is 0.634. The van der Waals surface area contributed by atoms with E-state index in [0.717, 1.165) is 38.5 Å². The molecule has 4 aliphatic rings. The van der Waals surface area contributed by atoms with Gasteiger partial charge >= 0.3 is 0 Å². The molecule has 4 fully saturated rings. The molecule has 2 amide bonds. The molecule has 7 heteroatoms. The van der Waals surface area contributed by atoms with Gasteiger partial charge in [-0.05, 0) is 56.3 Å². The minimum absolute atomic E-state index is 0.0283. The molecular weight excluding hydrogens is 432 g/mol. The first kappa shape index (κ1) is 25.9. The maximum absolute atomic E-state index is 13.8. The fourth-order valence-electron chi connectivity index (χ4n) is 7.16. The minimum atomic E-state index is -0.887. The van der Waals surface area contributed by atoms with Gasteiger partial charge in [0.1, 0.15) is 0 Å². The van der Waals surface area contributed by atoms with Crippen molar-refractivity contribution in [2.45, 2.75) is 89.4 Å². The normalized spacial score (nSPS) is 39.4. The number of hydrogen-bond acceptors (Lipinski definition) is 5. The van der Waals surface area contributed by atoms with Gasteiger partial charge in [0.25, 0.3) is 0 Å². The second-order valence-electron chi connectivity index (χ2n) is 11.9. The molecule has 1 aliphatic heterocycles. The summed E-state index contributed by atoms with van der Waals surface area (Å²) in [6, 6.07) is 0. The standard InChI is InChI=1S/C27H46N2O5/c1-17-22(30)14-23(31)24(25(17)34-16-18-7-5-4-6-8-18)27(33)29-12-11-19-9-10-20(13-21(19)15-29)26(32)28(2)3/h17-25,30-31H,4-16H2,1-3H3. The highest BCUT2D eigenvalue weighted by atomic mass is 16.5. The summed E-state index contributed by atoms with van der Waals surface area (Å²) in [6.07, 6.45) is 8.10. The first-order valence-electron chi connectivity index (χ1n) is 13.7. The van der Waals surface area contributed by atoms with E-state index in [4.69, 9.17) is 4.74 Å². The summed E-state index contributed by atoms with van der Waals surface area (Å²) in [5.74, 6) is 0.835. The Morgan fingerprint density at radius 2 is 1.68 bits per heavy atom. The van der Waals surface area contributed by atoms with E-state index in [-0.39, 0.29) is 30.1 Å². The Labute approximate surface area is 205 Å². The molecule has 3 saturated carbocycles. The Hall–Kier alpha value is -1.18. The van der Waals surface area contributed by atoms with Gasteiger partial charge in [0.05, 0.1) is 24.2 Å². The first-order chi connectivity index (χ1) is 16.3. The number of hydrogen-bond donors (Lipinski definition) is 2. The van der Waals surface area contributed by atoms with Crippen LogP contribution in [0.4, 0.5) is 0 Å². The lowest BCUT2D eigenvalue weighted by atomic mass is 9.69. The average Bonchev–Trinajstić information content (AvgIpc) is 2.84. The number of rotatable bonds is 5. The van der Waals surface area contributed by atoms with E-state index in [0.29, 0.717) is 37.5 Å². The second-order valence-corrected chi connectivity index (χ2v) is 11.9. The van der Waals surface area contributed by atoms with Crippen LogP contribution in [0.15, 0.2) is 0 Å². The van der Waals surface area contributed by atoms with Crippen molar-refractivity contribution in [3.8, 4) is 0 Å². The number of piperidine rings is 1. The largest absolute Gasteiger partial charge is 0.393 e. The van der Waals surface area contributed by atoms with Gasteiger partial charge in [-0.1, -0.05) is 26.2 Å². The Balaban J connectivity index is 1.42. The maximum atomic E-state index is 13.8. The van der Waals surface area contributed by atoms with Crippen LogP contribution < -0.4 is 0 Å². The number of carbonyl (C=O) groups excluding carboxylic acids is 2. The zero-order chi connectivity index (χ0) is 24.4. The van der Waals surface area contributed by atoms with Gasteiger partial charge in [-0.3, -0.25) is 9.59 Å². The highest BCUT2D eigenvalue weighted by Crippen LogP contribution is 2.41. The molecule has 0 aromatic carbocycles. The third-order valence-electron chi connectivity index (χ3n) is 9.38.